The number of ether oxygens (including phenoxy) is 3. The molecule has 0 atom stereocenters. The molecule has 2 saturated heterocycles. The molecule has 1 aromatic carbocycles. The van der Waals surface area contributed by atoms with Gasteiger partial charge in [-0.1, -0.05) is 29.8 Å². The van der Waals surface area contributed by atoms with Crippen molar-refractivity contribution in [3.8, 4) is 5.75 Å². The normalized spacial score (nSPS) is 16.6. The second kappa shape index (κ2) is 10.1. The van der Waals surface area contributed by atoms with Crippen LogP contribution in [0.3, 0.4) is 0 Å². The number of amides is 1. The Morgan fingerprint density at radius 2 is 2.06 bits per heavy atom. The SMILES string of the molecule is Cc1cccc(C=NNc2cc(OCCN3CCOC3=O)cc(N3CCOCC3)n2)c1. The van der Waals surface area contributed by atoms with E-state index in [9.17, 15) is 4.79 Å². The lowest BCUT2D eigenvalue weighted by molar-refractivity contribution is 0.122. The summed E-state index contributed by atoms with van der Waals surface area (Å²) in [5, 5.41) is 4.33. The summed E-state index contributed by atoms with van der Waals surface area (Å²) < 4.78 is 16.3. The van der Waals surface area contributed by atoms with Crippen LogP contribution in [0.15, 0.2) is 41.5 Å². The highest BCUT2D eigenvalue weighted by Gasteiger charge is 2.21. The number of hydrazone groups is 1. The zero-order chi connectivity index (χ0) is 21.5. The summed E-state index contributed by atoms with van der Waals surface area (Å²) in [5.41, 5.74) is 5.19. The Morgan fingerprint density at radius 3 is 2.84 bits per heavy atom. The van der Waals surface area contributed by atoms with Gasteiger partial charge in [-0.2, -0.15) is 5.10 Å². The summed E-state index contributed by atoms with van der Waals surface area (Å²) in [7, 11) is 0. The molecule has 1 aromatic heterocycles. The van der Waals surface area contributed by atoms with E-state index in [-0.39, 0.29) is 6.09 Å². The quantitative estimate of drug-likeness (QED) is 0.513. The van der Waals surface area contributed by atoms with Crippen molar-refractivity contribution in [2.24, 2.45) is 5.10 Å². The van der Waals surface area contributed by atoms with Gasteiger partial charge >= 0.3 is 6.09 Å². The number of cyclic esters (lactones) is 1. The zero-order valence-electron chi connectivity index (χ0n) is 17.6. The number of benzene rings is 1. The number of hydrogen-bond acceptors (Lipinski definition) is 8. The van der Waals surface area contributed by atoms with E-state index < -0.39 is 0 Å². The second-order valence-corrected chi connectivity index (χ2v) is 7.38. The lowest BCUT2D eigenvalue weighted by Crippen LogP contribution is -2.36. The summed E-state index contributed by atoms with van der Waals surface area (Å²) in [6, 6.07) is 11.8. The Morgan fingerprint density at radius 1 is 1.19 bits per heavy atom. The van der Waals surface area contributed by atoms with Crippen molar-refractivity contribution in [1.82, 2.24) is 9.88 Å². The minimum Gasteiger partial charge on any atom is -0.491 e. The van der Waals surface area contributed by atoms with Gasteiger partial charge in [-0.3, -0.25) is 5.43 Å². The van der Waals surface area contributed by atoms with E-state index in [1.54, 1.807) is 17.2 Å². The average molecular weight is 425 g/mol. The lowest BCUT2D eigenvalue weighted by Gasteiger charge is -2.28. The van der Waals surface area contributed by atoms with Crippen LogP contribution in [0.1, 0.15) is 11.1 Å². The highest BCUT2D eigenvalue weighted by atomic mass is 16.6. The minimum absolute atomic E-state index is 0.292. The maximum atomic E-state index is 11.6. The molecule has 9 heteroatoms. The van der Waals surface area contributed by atoms with Crippen LogP contribution in [0.5, 0.6) is 5.75 Å². The summed E-state index contributed by atoms with van der Waals surface area (Å²) in [6.45, 7) is 6.78. The topological polar surface area (TPSA) is 88.5 Å². The summed E-state index contributed by atoms with van der Waals surface area (Å²) in [5.74, 6) is 2.05. The van der Waals surface area contributed by atoms with Gasteiger partial charge in [-0.25, -0.2) is 9.78 Å². The van der Waals surface area contributed by atoms with Gasteiger partial charge in [0.05, 0.1) is 32.5 Å². The van der Waals surface area contributed by atoms with Gasteiger partial charge in [0.2, 0.25) is 0 Å². The van der Waals surface area contributed by atoms with Gasteiger partial charge in [-0.05, 0) is 12.5 Å². The highest BCUT2D eigenvalue weighted by molar-refractivity contribution is 5.80. The number of morpholine rings is 1. The number of nitrogens with one attached hydrogen (secondary N) is 1. The Hall–Kier alpha value is -3.33. The van der Waals surface area contributed by atoms with Crippen LogP contribution in [-0.2, 0) is 9.47 Å². The first-order chi connectivity index (χ1) is 15.2. The fourth-order valence-electron chi connectivity index (χ4n) is 3.41. The Bertz CT molecular complexity index is 930. The lowest BCUT2D eigenvalue weighted by atomic mass is 10.2. The van der Waals surface area contributed by atoms with Gasteiger partial charge < -0.3 is 24.0 Å². The summed E-state index contributed by atoms with van der Waals surface area (Å²) in [6.07, 6.45) is 1.47. The van der Waals surface area contributed by atoms with Crippen LogP contribution < -0.4 is 15.1 Å². The molecule has 4 rings (SSSR count). The second-order valence-electron chi connectivity index (χ2n) is 7.38. The average Bonchev–Trinajstić information content (AvgIpc) is 3.19. The number of carbonyl (C=O) groups is 1. The van der Waals surface area contributed by atoms with Crippen LogP contribution in [0.2, 0.25) is 0 Å². The van der Waals surface area contributed by atoms with E-state index in [2.05, 4.69) is 26.5 Å². The smallest absolute Gasteiger partial charge is 0.410 e. The van der Waals surface area contributed by atoms with E-state index >= 15 is 0 Å². The van der Waals surface area contributed by atoms with Crippen LogP contribution >= 0.6 is 0 Å². The molecule has 2 aromatic rings. The molecular weight excluding hydrogens is 398 g/mol. The molecule has 0 saturated carbocycles. The van der Waals surface area contributed by atoms with Crippen molar-refractivity contribution in [2.45, 2.75) is 6.92 Å². The molecule has 0 radical (unpaired) electrons. The molecule has 164 valence electrons. The van der Waals surface area contributed by atoms with E-state index in [0.29, 0.717) is 51.1 Å². The number of hydrogen-bond donors (Lipinski definition) is 1. The van der Waals surface area contributed by atoms with E-state index in [1.165, 1.54) is 5.56 Å². The van der Waals surface area contributed by atoms with Gasteiger partial charge in [0.25, 0.3) is 0 Å². The van der Waals surface area contributed by atoms with Crippen LogP contribution in [0.25, 0.3) is 0 Å². The van der Waals surface area contributed by atoms with E-state index in [0.717, 1.165) is 24.5 Å². The Labute approximate surface area is 181 Å². The monoisotopic (exact) mass is 425 g/mol. The number of anilines is 2. The molecule has 0 spiro atoms. The number of carbonyl (C=O) groups excluding carboxylic acids is 1. The van der Waals surface area contributed by atoms with Crippen molar-refractivity contribution in [3.63, 3.8) is 0 Å². The number of pyridine rings is 1. The molecule has 3 heterocycles. The third kappa shape index (κ3) is 5.85. The molecule has 0 aliphatic carbocycles. The fraction of sp³-hybridized carbons (Fsp3) is 0.409. The molecule has 9 nitrogen and oxygen atoms in total. The Balaban J connectivity index is 1.45. The van der Waals surface area contributed by atoms with Crippen molar-refractivity contribution in [3.05, 3.63) is 47.5 Å². The minimum atomic E-state index is -0.292. The van der Waals surface area contributed by atoms with E-state index in [4.69, 9.17) is 14.2 Å². The molecule has 2 aliphatic heterocycles. The summed E-state index contributed by atoms with van der Waals surface area (Å²) in [4.78, 5) is 20.1. The van der Waals surface area contributed by atoms with Crippen LogP contribution in [0.4, 0.5) is 16.4 Å². The van der Waals surface area contributed by atoms with Gasteiger partial charge in [-0.15, -0.1) is 0 Å². The predicted molar refractivity (Wildman–Crippen MR) is 118 cm³/mol. The summed E-state index contributed by atoms with van der Waals surface area (Å²) >= 11 is 0. The van der Waals surface area contributed by atoms with Crippen LogP contribution in [-0.4, -0.2) is 74.8 Å². The maximum absolute atomic E-state index is 11.6. The molecular formula is C22H27N5O4. The molecule has 31 heavy (non-hydrogen) atoms. The zero-order valence-corrected chi connectivity index (χ0v) is 17.6. The van der Waals surface area contributed by atoms with Crippen molar-refractivity contribution in [1.29, 1.82) is 0 Å². The number of rotatable bonds is 8. The molecule has 0 bridgehead atoms. The first-order valence-corrected chi connectivity index (χ1v) is 10.4. The van der Waals surface area contributed by atoms with Gasteiger partial charge in [0.1, 0.15) is 24.8 Å². The molecule has 2 aliphatic rings. The molecule has 1 N–H and O–H groups in total. The van der Waals surface area contributed by atoms with Crippen molar-refractivity contribution in [2.75, 3.05) is 62.9 Å². The molecule has 0 unspecified atom stereocenters. The molecule has 2 fully saturated rings. The number of nitrogens with zero attached hydrogens (tertiary/aromatic N) is 4. The van der Waals surface area contributed by atoms with Gasteiger partial charge in [0, 0.05) is 25.2 Å². The largest absolute Gasteiger partial charge is 0.491 e. The highest BCUT2D eigenvalue weighted by Crippen LogP contribution is 2.24. The predicted octanol–water partition coefficient (Wildman–Crippen LogP) is 2.50. The standard InChI is InChI=1S/C22H27N5O4/c1-17-3-2-4-18(13-17)16-23-25-20-14-19(30-11-7-27-8-12-31-22(27)28)15-21(24-20)26-5-9-29-10-6-26/h2-4,13-16H,5-12H2,1H3,(H,24,25). The number of aryl methyl sites for hydroxylation is 1. The molecule has 1 amide bonds. The Kier molecular flexibility index (Phi) is 6.83. The third-order valence-corrected chi connectivity index (χ3v) is 5.03. The first-order valence-electron chi connectivity index (χ1n) is 10.4. The third-order valence-electron chi connectivity index (χ3n) is 5.03. The number of aromatic nitrogens is 1. The maximum Gasteiger partial charge on any atom is 0.410 e. The fourth-order valence-corrected chi connectivity index (χ4v) is 3.41. The first kappa shape index (κ1) is 20.9. The van der Waals surface area contributed by atoms with E-state index in [1.807, 2.05) is 31.2 Å². The van der Waals surface area contributed by atoms with Crippen molar-refractivity contribution >= 4 is 23.9 Å². The van der Waals surface area contributed by atoms with Gasteiger partial charge in [0.15, 0.2) is 5.82 Å². The van der Waals surface area contributed by atoms with Crippen LogP contribution in [0, 0.1) is 6.92 Å². The van der Waals surface area contributed by atoms with Crippen molar-refractivity contribution < 1.29 is 19.0 Å².